The molecule has 4 heteroatoms. The molecule has 0 bridgehead atoms. The van der Waals surface area contributed by atoms with Crippen LogP contribution in [0, 0.1) is 5.82 Å². The molecule has 0 spiro atoms. The van der Waals surface area contributed by atoms with Gasteiger partial charge in [0.25, 0.3) is 0 Å². The number of benzene rings is 2. The Morgan fingerprint density at radius 2 is 1.95 bits per heavy atom. The van der Waals surface area contributed by atoms with Gasteiger partial charge in [0, 0.05) is 13.0 Å². The average molecular weight is 281 g/mol. The zero-order valence-electron chi connectivity index (χ0n) is 10.5. The molecule has 0 unspecified atom stereocenters. The van der Waals surface area contributed by atoms with E-state index in [1.54, 1.807) is 25.3 Å². The van der Waals surface area contributed by atoms with E-state index in [2.05, 4.69) is 0 Å². The molecule has 0 aliphatic carbocycles. The Hall–Kier alpha value is -1.58. The minimum absolute atomic E-state index is 0.184. The summed E-state index contributed by atoms with van der Waals surface area (Å²) in [5.41, 5.74) is 1.69. The molecule has 2 aromatic rings. The topological polar surface area (TPSA) is 18.5 Å². The molecule has 0 aliphatic heterocycles. The lowest BCUT2D eigenvalue weighted by molar-refractivity contribution is 0.184. The Labute approximate surface area is 116 Å². The maximum absolute atomic E-state index is 13.8. The smallest absolute Gasteiger partial charge is 0.166 e. The molecule has 0 fully saturated rings. The SMILES string of the molecule is COCc1cccc(Oc2ccc(CCl)cc2F)c1. The van der Waals surface area contributed by atoms with Crippen LogP contribution in [-0.4, -0.2) is 7.11 Å². The van der Waals surface area contributed by atoms with Crippen molar-refractivity contribution < 1.29 is 13.9 Å². The van der Waals surface area contributed by atoms with E-state index in [4.69, 9.17) is 21.1 Å². The number of halogens is 2. The third-order valence-corrected chi connectivity index (χ3v) is 2.90. The summed E-state index contributed by atoms with van der Waals surface area (Å²) in [6.45, 7) is 0.491. The molecule has 0 radical (unpaired) electrons. The number of rotatable bonds is 5. The Morgan fingerprint density at radius 3 is 2.63 bits per heavy atom. The lowest BCUT2D eigenvalue weighted by Gasteiger charge is -2.09. The molecule has 0 amide bonds. The number of hydrogen-bond donors (Lipinski definition) is 0. The van der Waals surface area contributed by atoms with Crippen molar-refractivity contribution in [3.63, 3.8) is 0 Å². The molecule has 0 heterocycles. The molecule has 0 atom stereocenters. The second-order valence-corrected chi connectivity index (χ2v) is 4.35. The standard InChI is InChI=1S/C15H14ClFO2/c1-18-10-12-3-2-4-13(7-12)19-15-6-5-11(9-16)8-14(15)17/h2-8H,9-10H2,1H3. The second-order valence-electron chi connectivity index (χ2n) is 4.08. The predicted molar refractivity (Wildman–Crippen MR) is 73.2 cm³/mol. The van der Waals surface area contributed by atoms with Crippen LogP contribution in [0.2, 0.25) is 0 Å². The minimum atomic E-state index is -0.421. The minimum Gasteiger partial charge on any atom is -0.454 e. The van der Waals surface area contributed by atoms with E-state index < -0.39 is 5.82 Å². The molecule has 0 saturated carbocycles. The monoisotopic (exact) mass is 280 g/mol. The quantitative estimate of drug-likeness (QED) is 0.751. The zero-order valence-corrected chi connectivity index (χ0v) is 11.3. The van der Waals surface area contributed by atoms with Gasteiger partial charge in [0.1, 0.15) is 5.75 Å². The van der Waals surface area contributed by atoms with E-state index in [0.717, 1.165) is 11.1 Å². The van der Waals surface area contributed by atoms with Gasteiger partial charge in [0.2, 0.25) is 0 Å². The van der Waals surface area contributed by atoms with Crippen molar-refractivity contribution in [1.29, 1.82) is 0 Å². The van der Waals surface area contributed by atoms with Crippen molar-refractivity contribution in [2.24, 2.45) is 0 Å². The summed E-state index contributed by atoms with van der Waals surface area (Å²) < 4.78 is 24.3. The number of methoxy groups -OCH3 is 1. The van der Waals surface area contributed by atoms with Gasteiger partial charge in [-0.25, -0.2) is 4.39 Å². The summed E-state index contributed by atoms with van der Waals surface area (Å²) in [4.78, 5) is 0. The molecule has 2 nitrogen and oxygen atoms in total. The van der Waals surface area contributed by atoms with Crippen molar-refractivity contribution in [3.05, 3.63) is 59.4 Å². The van der Waals surface area contributed by atoms with E-state index in [0.29, 0.717) is 12.4 Å². The normalized spacial score (nSPS) is 10.5. The molecular formula is C15H14ClFO2. The van der Waals surface area contributed by atoms with Crippen LogP contribution in [0.5, 0.6) is 11.5 Å². The highest BCUT2D eigenvalue weighted by Crippen LogP contribution is 2.26. The second kappa shape index (κ2) is 6.55. The fourth-order valence-electron chi connectivity index (χ4n) is 1.70. The first-order valence-electron chi connectivity index (χ1n) is 5.83. The first-order valence-corrected chi connectivity index (χ1v) is 6.36. The predicted octanol–water partition coefficient (Wildman–Crippen LogP) is 4.50. The van der Waals surface area contributed by atoms with Gasteiger partial charge < -0.3 is 9.47 Å². The molecule has 0 aliphatic rings. The van der Waals surface area contributed by atoms with Crippen LogP contribution in [0.15, 0.2) is 42.5 Å². The fraction of sp³-hybridized carbons (Fsp3) is 0.200. The number of alkyl halides is 1. The third-order valence-electron chi connectivity index (χ3n) is 2.59. The van der Waals surface area contributed by atoms with Gasteiger partial charge in [-0.15, -0.1) is 11.6 Å². The highest BCUT2D eigenvalue weighted by atomic mass is 35.5. The third kappa shape index (κ3) is 3.69. The van der Waals surface area contributed by atoms with Crippen LogP contribution in [0.3, 0.4) is 0 Å². The van der Waals surface area contributed by atoms with E-state index in [1.165, 1.54) is 6.07 Å². The lowest BCUT2D eigenvalue weighted by Crippen LogP contribution is -1.92. The summed E-state index contributed by atoms with van der Waals surface area (Å²) in [5, 5.41) is 0. The van der Waals surface area contributed by atoms with Gasteiger partial charge in [-0.1, -0.05) is 18.2 Å². The van der Waals surface area contributed by atoms with E-state index in [9.17, 15) is 4.39 Å². The van der Waals surface area contributed by atoms with Gasteiger partial charge in [-0.3, -0.25) is 0 Å². The summed E-state index contributed by atoms with van der Waals surface area (Å²) in [5.74, 6) is 0.617. The van der Waals surface area contributed by atoms with E-state index >= 15 is 0 Å². The number of ether oxygens (including phenoxy) is 2. The molecule has 0 aromatic heterocycles. The summed E-state index contributed by atoms with van der Waals surface area (Å²) >= 11 is 5.65. The van der Waals surface area contributed by atoms with Crippen LogP contribution in [0.25, 0.3) is 0 Å². The fourth-order valence-corrected chi connectivity index (χ4v) is 1.87. The van der Waals surface area contributed by atoms with Crippen LogP contribution < -0.4 is 4.74 Å². The number of hydrogen-bond acceptors (Lipinski definition) is 2. The van der Waals surface area contributed by atoms with E-state index in [1.807, 2.05) is 18.2 Å². The lowest BCUT2D eigenvalue weighted by atomic mass is 10.2. The van der Waals surface area contributed by atoms with Crippen LogP contribution in [0.4, 0.5) is 4.39 Å². The van der Waals surface area contributed by atoms with Crippen molar-refractivity contribution in [2.45, 2.75) is 12.5 Å². The highest BCUT2D eigenvalue weighted by molar-refractivity contribution is 6.17. The first-order chi connectivity index (χ1) is 9.22. The zero-order chi connectivity index (χ0) is 13.7. The van der Waals surface area contributed by atoms with Gasteiger partial charge in [0.05, 0.1) is 6.61 Å². The maximum atomic E-state index is 13.8. The largest absolute Gasteiger partial charge is 0.454 e. The first kappa shape index (κ1) is 13.8. The highest BCUT2D eigenvalue weighted by Gasteiger charge is 2.06. The average Bonchev–Trinajstić information content (AvgIpc) is 2.42. The summed E-state index contributed by atoms with van der Waals surface area (Å²) in [6.07, 6.45) is 0. The molecule has 2 aromatic carbocycles. The van der Waals surface area contributed by atoms with Gasteiger partial charge >= 0.3 is 0 Å². The molecular weight excluding hydrogens is 267 g/mol. The van der Waals surface area contributed by atoms with Crippen molar-refractivity contribution in [3.8, 4) is 11.5 Å². The Kier molecular flexibility index (Phi) is 4.77. The summed E-state index contributed by atoms with van der Waals surface area (Å²) in [6, 6.07) is 12.0. The van der Waals surface area contributed by atoms with Crippen molar-refractivity contribution in [2.75, 3.05) is 7.11 Å². The maximum Gasteiger partial charge on any atom is 0.166 e. The van der Waals surface area contributed by atoms with Crippen LogP contribution >= 0.6 is 11.6 Å². The van der Waals surface area contributed by atoms with Crippen molar-refractivity contribution >= 4 is 11.6 Å². The molecule has 19 heavy (non-hydrogen) atoms. The Morgan fingerprint density at radius 1 is 1.11 bits per heavy atom. The van der Waals surface area contributed by atoms with Gasteiger partial charge in [-0.05, 0) is 35.4 Å². The van der Waals surface area contributed by atoms with E-state index in [-0.39, 0.29) is 11.6 Å². The van der Waals surface area contributed by atoms with Crippen LogP contribution in [0.1, 0.15) is 11.1 Å². The van der Waals surface area contributed by atoms with Crippen molar-refractivity contribution in [1.82, 2.24) is 0 Å². The Bertz CT molecular complexity index is 558. The van der Waals surface area contributed by atoms with Gasteiger partial charge in [0.15, 0.2) is 11.6 Å². The molecule has 0 saturated heterocycles. The molecule has 0 N–H and O–H groups in total. The van der Waals surface area contributed by atoms with Gasteiger partial charge in [-0.2, -0.15) is 0 Å². The molecule has 2 rings (SSSR count). The molecule has 100 valence electrons. The summed E-state index contributed by atoms with van der Waals surface area (Å²) in [7, 11) is 1.62. The van der Waals surface area contributed by atoms with Crippen LogP contribution in [-0.2, 0) is 17.2 Å². The Balaban J connectivity index is 2.18.